The number of methoxy groups -OCH3 is 1. The molecular formula is C26H19FN6O2. The number of pyridine rings is 1. The molecule has 0 amide bonds. The van der Waals surface area contributed by atoms with Crippen LogP contribution in [-0.4, -0.2) is 31.2 Å². The minimum absolute atomic E-state index is 0.0575. The van der Waals surface area contributed by atoms with E-state index in [1.54, 1.807) is 42.5 Å². The van der Waals surface area contributed by atoms with Crippen LogP contribution in [0.15, 0.2) is 66.0 Å². The molecule has 3 aromatic heterocycles. The number of halogens is 1. The van der Waals surface area contributed by atoms with E-state index in [1.807, 2.05) is 19.1 Å². The molecule has 172 valence electrons. The van der Waals surface area contributed by atoms with Crippen molar-refractivity contribution in [3.8, 4) is 34.1 Å². The Morgan fingerprint density at radius 2 is 1.94 bits per heavy atom. The second-order valence-electron chi connectivity index (χ2n) is 7.97. The van der Waals surface area contributed by atoms with Gasteiger partial charge in [-0.25, -0.2) is 19.2 Å². The van der Waals surface area contributed by atoms with Gasteiger partial charge in [-0.2, -0.15) is 0 Å². The highest BCUT2D eigenvalue weighted by Crippen LogP contribution is 2.33. The maximum absolute atomic E-state index is 14.6. The summed E-state index contributed by atoms with van der Waals surface area (Å²) in [6.45, 7) is 9.44. The summed E-state index contributed by atoms with van der Waals surface area (Å²) in [5, 5.41) is 0.233. The number of nitrogens with zero attached hydrogens (tertiary/aromatic N) is 6. The molecule has 5 aromatic rings. The monoisotopic (exact) mass is 466 g/mol. The summed E-state index contributed by atoms with van der Waals surface area (Å²) in [5.41, 5.74) is 3.25. The fourth-order valence-corrected chi connectivity index (χ4v) is 3.97. The van der Waals surface area contributed by atoms with E-state index in [0.717, 1.165) is 11.3 Å². The molecule has 0 aliphatic carbocycles. The average Bonchev–Trinajstić information content (AvgIpc) is 3.29. The summed E-state index contributed by atoms with van der Waals surface area (Å²) in [5.74, 6) is -0.277. The lowest BCUT2D eigenvalue weighted by atomic mass is 10.0. The van der Waals surface area contributed by atoms with Crippen LogP contribution in [0.1, 0.15) is 5.69 Å². The van der Waals surface area contributed by atoms with E-state index in [1.165, 1.54) is 29.9 Å². The molecule has 8 nitrogen and oxygen atoms in total. The fourth-order valence-electron chi connectivity index (χ4n) is 3.97. The van der Waals surface area contributed by atoms with Crippen LogP contribution in [0.25, 0.3) is 44.1 Å². The Bertz CT molecular complexity index is 1700. The van der Waals surface area contributed by atoms with E-state index >= 15 is 0 Å². The van der Waals surface area contributed by atoms with Crippen LogP contribution in [-0.2, 0) is 7.05 Å². The van der Waals surface area contributed by atoms with Crippen LogP contribution >= 0.6 is 0 Å². The third kappa shape index (κ3) is 3.71. The molecule has 9 heteroatoms. The molecule has 3 heterocycles. The molecule has 0 unspecified atom stereocenters. The standard InChI is InChI=1S/C26H19FN6O2/c1-15-5-6-16(12-30-15)19-9-17(28-2)10-20-24(19)31-25(22-13-29-14-32(22)3)33(26(20)34)18-7-8-23(35-4)21(27)11-18/h5-14H,1,3-4H3. The van der Waals surface area contributed by atoms with Gasteiger partial charge in [-0.1, -0.05) is 6.07 Å². The molecule has 0 atom stereocenters. The van der Waals surface area contributed by atoms with Crippen LogP contribution in [0.3, 0.4) is 0 Å². The molecule has 0 N–H and O–H groups in total. The molecule has 0 spiro atoms. The Morgan fingerprint density at radius 1 is 1.11 bits per heavy atom. The van der Waals surface area contributed by atoms with Crippen molar-refractivity contribution < 1.29 is 9.13 Å². The third-order valence-corrected chi connectivity index (χ3v) is 5.75. The summed E-state index contributed by atoms with van der Waals surface area (Å²) in [4.78, 5) is 30.9. The molecule has 0 fully saturated rings. The summed E-state index contributed by atoms with van der Waals surface area (Å²) in [7, 11) is 3.15. The van der Waals surface area contributed by atoms with Gasteiger partial charge in [-0.3, -0.25) is 14.3 Å². The van der Waals surface area contributed by atoms with Crippen molar-refractivity contribution in [2.45, 2.75) is 6.92 Å². The van der Waals surface area contributed by atoms with E-state index < -0.39 is 11.4 Å². The smallest absolute Gasteiger partial charge is 0.265 e. The van der Waals surface area contributed by atoms with Gasteiger partial charge in [-0.05, 0) is 42.8 Å². The topological polar surface area (TPSA) is 79.2 Å². The van der Waals surface area contributed by atoms with Gasteiger partial charge in [-0.15, -0.1) is 0 Å². The van der Waals surface area contributed by atoms with Crippen molar-refractivity contribution in [3.05, 3.63) is 94.5 Å². The first kappa shape index (κ1) is 22.0. The van der Waals surface area contributed by atoms with Crippen molar-refractivity contribution in [2.75, 3.05) is 7.11 Å². The molecule has 0 saturated heterocycles. The van der Waals surface area contributed by atoms with Gasteiger partial charge in [0.15, 0.2) is 23.1 Å². The second-order valence-corrected chi connectivity index (χ2v) is 7.97. The van der Waals surface area contributed by atoms with Gasteiger partial charge in [0.2, 0.25) is 0 Å². The van der Waals surface area contributed by atoms with E-state index in [4.69, 9.17) is 16.3 Å². The van der Waals surface area contributed by atoms with Gasteiger partial charge < -0.3 is 9.30 Å². The summed E-state index contributed by atoms with van der Waals surface area (Å²) in [6.07, 6.45) is 4.87. The number of ether oxygens (including phenoxy) is 1. The van der Waals surface area contributed by atoms with Gasteiger partial charge in [0.1, 0.15) is 5.69 Å². The maximum Gasteiger partial charge on any atom is 0.265 e. The van der Waals surface area contributed by atoms with E-state index in [2.05, 4.69) is 14.8 Å². The zero-order valence-corrected chi connectivity index (χ0v) is 19.2. The first-order valence-electron chi connectivity index (χ1n) is 10.6. The maximum atomic E-state index is 14.6. The molecule has 0 saturated carbocycles. The number of imidazole rings is 1. The number of benzene rings is 2. The number of fused-ring (bicyclic) bond motifs is 1. The molecule has 0 aliphatic rings. The zero-order chi connectivity index (χ0) is 24.7. The highest BCUT2D eigenvalue weighted by Gasteiger charge is 2.21. The van der Waals surface area contributed by atoms with Crippen LogP contribution in [0.4, 0.5) is 10.1 Å². The van der Waals surface area contributed by atoms with Crippen LogP contribution in [0, 0.1) is 19.3 Å². The molecule has 0 aliphatic heterocycles. The lowest BCUT2D eigenvalue weighted by Crippen LogP contribution is -2.23. The fraction of sp³-hybridized carbons (Fsp3) is 0.115. The first-order chi connectivity index (χ1) is 16.9. The summed E-state index contributed by atoms with van der Waals surface area (Å²) >= 11 is 0. The minimum Gasteiger partial charge on any atom is -0.494 e. The SMILES string of the molecule is [C-]#[N+]c1cc(-c2ccc(C)nc2)c2nc(-c3cncn3C)n(-c3ccc(OC)c(F)c3)c(=O)c2c1. The molecular weight excluding hydrogens is 447 g/mol. The van der Waals surface area contributed by atoms with E-state index in [9.17, 15) is 9.18 Å². The van der Waals surface area contributed by atoms with Crippen LogP contribution in [0.2, 0.25) is 0 Å². The Labute approximate surface area is 199 Å². The third-order valence-electron chi connectivity index (χ3n) is 5.75. The normalized spacial score (nSPS) is 10.9. The van der Waals surface area contributed by atoms with E-state index in [0.29, 0.717) is 16.8 Å². The van der Waals surface area contributed by atoms with Crippen molar-refractivity contribution in [1.82, 2.24) is 24.1 Å². The predicted molar refractivity (Wildman–Crippen MR) is 130 cm³/mol. The summed E-state index contributed by atoms with van der Waals surface area (Å²) in [6, 6.07) is 11.2. The Balaban J connectivity index is 1.92. The number of aryl methyl sites for hydroxylation is 2. The van der Waals surface area contributed by atoms with Crippen LogP contribution < -0.4 is 10.3 Å². The highest BCUT2D eigenvalue weighted by atomic mass is 19.1. The number of hydrogen-bond acceptors (Lipinski definition) is 5. The Kier molecular flexibility index (Phi) is 5.34. The van der Waals surface area contributed by atoms with Crippen molar-refractivity contribution in [3.63, 3.8) is 0 Å². The van der Waals surface area contributed by atoms with Gasteiger partial charge in [0.25, 0.3) is 5.56 Å². The second kappa shape index (κ2) is 8.50. The lowest BCUT2D eigenvalue weighted by molar-refractivity contribution is 0.386. The molecule has 2 aromatic carbocycles. The van der Waals surface area contributed by atoms with Gasteiger partial charge >= 0.3 is 0 Å². The lowest BCUT2D eigenvalue weighted by Gasteiger charge is -2.16. The minimum atomic E-state index is -0.616. The summed E-state index contributed by atoms with van der Waals surface area (Å²) < 4.78 is 22.7. The Hall–Kier alpha value is -4.84. The Morgan fingerprint density at radius 3 is 2.57 bits per heavy atom. The van der Waals surface area contributed by atoms with Crippen molar-refractivity contribution in [1.29, 1.82) is 0 Å². The molecule has 35 heavy (non-hydrogen) atoms. The largest absolute Gasteiger partial charge is 0.494 e. The van der Waals surface area contributed by atoms with Crippen LogP contribution in [0.5, 0.6) is 5.75 Å². The van der Waals surface area contributed by atoms with Crippen molar-refractivity contribution >= 4 is 16.6 Å². The quantitative estimate of drug-likeness (QED) is 0.354. The van der Waals surface area contributed by atoms with Gasteiger partial charge in [0.05, 0.1) is 42.8 Å². The molecule has 5 rings (SSSR count). The number of rotatable bonds is 4. The number of aromatic nitrogens is 5. The molecule has 0 radical (unpaired) electrons. The van der Waals surface area contributed by atoms with Gasteiger partial charge in [0, 0.05) is 30.6 Å². The number of hydrogen-bond donors (Lipinski definition) is 0. The zero-order valence-electron chi connectivity index (χ0n) is 19.2. The average molecular weight is 466 g/mol. The predicted octanol–water partition coefficient (Wildman–Crippen LogP) is 4.86. The molecule has 0 bridgehead atoms. The van der Waals surface area contributed by atoms with Crippen molar-refractivity contribution in [2.24, 2.45) is 7.05 Å². The van der Waals surface area contributed by atoms with E-state index in [-0.39, 0.29) is 28.3 Å². The first-order valence-corrected chi connectivity index (χ1v) is 10.6. The highest BCUT2D eigenvalue weighted by molar-refractivity contribution is 5.97.